The first-order valence-electron chi connectivity index (χ1n) is 4.54. The fourth-order valence-electron chi connectivity index (χ4n) is 1.65. The number of nitrogens with zero attached hydrogens (tertiary/aromatic N) is 1. The van der Waals surface area contributed by atoms with Gasteiger partial charge in [-0.25, -0.2) is 0 Å². The maximum atomic E-state index is 10.4. The number of hydrogen-bond donors (Lipinski definition) is 0. The highest BCUT2D eigenvalue weighted by molar-refractivity contribution is 5.71. The van der Waals surface area contributed by atoms with Gasteiger partial charge in [-0.3, -0.25) is 4.79 Å². The Morgan fingerprint density at radius 1 is 1.54 bits per heavy atom. The first kappa shape index (κ1) is 8.35. The van der Waals surface area contributed by atoms with Crippen LogP contribution in [0.15, 0.2) is 16.5 Å². The minimum Gasteiger partial charge on any atom is -0.438 e. The van der Waals surface area contributed by atoms with Crippen LogP contribution in [-0.2, 0) is 0 Å². The number of aldehydes is 1. The summed E-state index contributed by atoms with van der Waals surface area (Å²) in [6, 6.07) is 4.08. The number of carbonyl (C=O) groups excluding carboxylic acids is 1. The van der Waals surface area contributed by atoms with Crippen molar-refractivity contribution in [3.05, 3.63) is 17.9 Å². The Hall–Kier alpha value is -1.25. The van der Waals surface area contributed by atoms with Gasteiger partial charge in [-0.2, -0.15) is 0 Å². The molecule has 1 aliphatic heterocycles. The number of carbonyl (C=O) groups is 1. The van der Waals surface area contributed by atoms with Gasteiger partial charge < -0.3 is 9.32 Å². The third kappa shape index (κ3) is 1.24. The van der Waals surface area contributed by atoms with Crippen molar-refractivity contribution in [2.24, 2.45) is 5.92 Å². The van der Waals surface area contributed by atoms with Crippen LogP contribution in [0.3, 0.4) is 0 Å². The molecule has 1 aromatic rings. The number of hydrogen-bond acceptors (Lipinski definition) is 3. The van der Waals surface area contributed by atoms with Crippen molar-refractivity contribution in [1.82, 2.24) is 0 Å². The molecule has 0 amide bonds. The highest BCUT2D eigenvalue weighted by atomic mass is 16.4. The SMILES string of the molecule is CC1CN(c2ccc(C=O)o2)C1C. The average molecular weight is 179 g/mol. The summed E-state index contributed by atoms with van der Waals surface area (Å²) in [4.78, 5) is 12.5. The molecule has 0 bridgehead atoms. The predicted molar refractivity (Wildman–Crippen MR) is 50.1 cm³/mol. The van der Waals surface area contributed by atoms with E-state index in [1.54, 1.807) is 6.07 Å². The minimum atomic E-state index is 0.404. The molecule has 0 radical (unpaired) electrons. The zero-order valence-electron chi connectivity index (χ0n) is 7.86. The van der Waals surface area contributed by atoms with Crippen LogP contribution in [0.25, 0.3) is 0 Å². The summed E-state index contributed by atoms with van der Waals surface area (Å²) < 4.78 is 5.31. The van der Waals surface area contributed by atoms with Crippen LogP contribution >= 0.6 is 0 Å². The summed E-state index contributed by atoms with van der Waals surface area (Å²) in [5.41, 5.74) is 0. The van der Waals surface area contributed by atoms with Gasteiger partial charge in [0.15, 0.2) is 17.9 Å². The van der Waals surface area contributed by atoms with Gasteiger partial charge in [0.05, 0.1) is 0 Å². The smallest absolute Gasteiger partial charge is 0.196 e. The molecule has 13 heavy (non-hydrogen) atoms. The van der Waals surface area contributed by atoms with Gasteiger partial charge >= 0.3 is 0 Å². The molecule has 3 heteroatoms. The van der Waals surface area contributed by atoms with Crippen molar-refractivity contribution >= 4 is 12.2 Å². The molecule has 1 saturated heterocycles. The fourth-order valence-corrected chi connectivity index (χ4v) is 1.65. The third-order valence-electron chi connectivity index (χ3n) is 2.81. The van der Waals surface area contributed by atoms with E-state index in [1.807, 2.05) is 6.07 Å². The summed E-state index contributed by atoms with van der Waals surface area (Å²) >= 11 is 0. The molecule has 1 aliphatic rings. The topological polar surface area (TPSA) is 33.5 Å². The molecule has 2 atom stereocenters. The molecule has 0 saturated carbocycles. The first-order chi connectivity index (χ1) is 6.22. The van der Waals surface area contributed by atoms with Crippen molar-refractivity contribution in [3.63, 3.8) is 0 Å². The predicted octanol–water partition coefficient (Wildman–Crippen LogP) is 1.94. The van der Waals surface area contributed by atoms with E-state index in [4.69, 9.17) is 4.42 Å². The summed E-state index contributed by atoms with van der Waals surface area (Å²) in [7, 11) is 0. The second-order valence-corrected chi connectivity index (χ2v) is 3.66. The van der Waals surface area contributed by atoms with Gasteiger partial charge in [-0.1, -0.05) is 6.92 Å². The second kappa shape index (κ2) is 2.91. The molecular formula is C10H13NO2. The summed E-state index contributed by atoms with van der Waals surface area (Å²) in [6.07, 6.45) is 0.734. The lowest BCUT2D eigenvalue weighted by molar-refractivity contribution is 0.110. The van der Waals surface area contributed by atoms with Crippen LogP contribution in [0.4, 0.5) is 5.88 Å². The molecule has 1 aromatic heterocycles. The van der Waals surface area contributed by atoms with Gasteiger partial charge in [0.1, 0.15) is 0 Å². The lowest BCUT2D eigenvalue weighted by Gasteiger charge is -2.44. The maximum Gasteiger partial charge on any atom is 0.196 e. The Morgan fingerprint density at radius 3 is 2.77 bits per heavy atom. The van der Waals surface area contributed by atoms with Crippen LogP contribution in [-0.4, -0.2) is 18.9 Å². The summed E-state index contributed by atoms with van der Waals surface area (Å²) in [5.74, 6) is 1.93. The summed E-state index contributed by atoms with van der Waals surface area (Å²) in [6.45, 7) is 5.40. The zero-order valence-corrected chi connectivity index (χ0v) is 7.86. The lowest BCUT2D eigenvalue weighted by Crippen LogP contribution is -2.53. The fraction of sp³-hybridized carbons (Fsp3) is 0.500. The number of anilines is 1. The summed E-state index contributed by atoms with van der Waals surface area (Å²) in [5, 5.41) is 0. The van der Waals surface area contributed by atoms with E-state index >= 15 is 0 Å². The Bertz CT molecular complexity index is 318. The Labute approximate surface area is 77.3 Å². The molecule has 0 N–H and O–H groups in total. The van der Waals surface area contributed by atoms with Crippen molar-refractivity contribution < 1.29 is 9.21 Å². The van der Waals surface area contributed by atoms with Gasteiger partial charge in [-0.15, -0.1) is 0 Å². The maximum absolute atomic E-state index is 10.4. The minimum absolute atomic E-state index is 0.404. The van der Waals surface area contributed by atoms with Gasteiger partial charge in [-0.05, 0) is 18.9 Å². The van der Waals surface area contributed by atoms with E-state index in [9.17, 15) is 4.79 Å². The molecule has 0 spiro atoms. The zero-order chi connectivity index (χ0) is 9.42. The molecule has 2 unspecified atom stereocenters. The molecule has 1 fully saturated rings. The monoisotopic (exact) mass is 179 g/mol. The molecule has 2 heterocycles. The van der Waals surface area contributed by atoms with E-state index in [0.29, 0.717) is 17.7 Å². The Balaban J connectivity index is 2.13. The van der Waals surface area contributed by atoms with E-state index in [2.05, 4.69) is 18.7 Å². The van der Waals surface area contributed by atoms with E-state index in [-0.39, 0.29) is 0 Å². The molecule has 2 rings (SSSR count). The van der Waals surface area contributed by atoms with Gasteiger partial charge in [0.25, 0.3) is 0 Å². The van der Waals surface area contributed by atoms with Crippen LogP contribution in [0, 0.1) is 5.92 Å². The molecule has 0 aromatic carbocycles. The quantitative estimate of drug-likeness (QED) is 0.650. The lowest BCUT2D eigenvalue weighted by atomic mass is 9.92. The normalized spacial score (nSPS) is 27.1. The molecule has 0 aliphatic carbocycles. The van der Waals surface area contributed by atoms with Crippen LogP contribution in [0.1, 0.15) is 24.4 Å². The van der Waals surface area contributed by atoms with Gasteiger partial charge in [0, 0.05) is 18.7 Å². The number of rotatable bonds is 2. The van der Waals surface area contributed by atoms with Gasteiger partial charge in [0.2, 0.25) is 0 Å². The molecule has 3 nitrogen and oxygen atoms in total. The molecular weight excluding hydrogens is 166 g/mol. The van der Waals surface area contributed by atoms with E-state index in [0.717, 1.165) is 18.7 Å². The molecule has 70 valence electrons. The van der Waals surface area contributed by atoms with Crippen LogP contribution < -0.4 is 4.90 Å². The largest absolute Gasteiger partial charge is 0.438 e. The third-order valence-corrected chi connectivity index (χ3v) is 2.81. The highest BCUT2D eigenvalue weighted by Crippen LogP contribution is 2.31. The Morgan fingerprint density at radius 2 is 2.31 bits per heavy atom. The van der Waals surface area contributed by atoms with E-state index < -0.39 is 0 Å². The van der Waals surface area contributed by atoms with Crippen LogP contribution in [0.5, 0.6) is 0 Å². The van der Waals surface area contributed by atoms with Crippen molar-refractivity contribution in [1.29, 1.82) is 0 Å². The van der Waals surface area contributed by atoms with E-state index in [1.165, 1.54) is 0 Å². The van der Waals surface area contributed by atoms with Crippen molar-refractivity contribution in [2.75, 3.05) is 11.4 Å². The highest BCUT2D eigenvalue weighted by Gasteiger charge is 2.33. The average Bonchev–Trinajstić information content (AvgIpc) is 2.61. The number of furan rings is 1. The van der Waals surface area contributed by atoms with Crippen molar-refractivity contribution in [2.45, 2.75) is 19.9 Å². The first-order valence-corrected chi connectivity index (χ1v) is 4.54. The second-order valence-electron chi connectivity index (χ2n) is 3.66. The standard InChI is InChI=1S/C10H13NO2/c1-7-5-11(8(7)2)10-4-3-9(6-12)13-10/h3-4,6-8H,5H2,1-2H3. The Kier molecular flexibility index (Phi) is 1.87. The van der Waals surface area contributed by atoms with Crippen molar-refractivity contribution in [3.8, 4) is 0 Å². The van der Waals surface area contributed by atoms with Crippen LogP contribution in [0.2, 0.25) is 0 Å².